The maximum absolute atomic E-state index is 10.3. The third-order valence-electron chi connectivity index (χ3n) is 1.93. The fraction of sp³-hybridized carbons (Fsp3) is 0.700. The summed E-state index contributed by atoms with van der Waals surface area (Å²) in [6.45, 7) is 0.575. The Morgan fingerprint density at radius 2 is 1.80 bits per heavy atom. The number of nitrogens with one attached hydrogen (secondary N) is 1. The summed E-state index contributed by atoms with van der Waals surface area (Å²) in [5, 5.41) is 44.6. The fourth-order valence-electron chi connectivity index (χ4n) is 0.847. The van der Waals surface area contributed by atoms with Crippen LogP contribution in [-0.4, -0.2) is 80.4 Å². The first-order chi connectivity index (χ1) is 9.20. The van der Waals surface area contributed by atoms with Crippen molar-refractivity contribution >= 4 is 30.8 Å². The Labute approximate surface area is 120 Å². The standard InChI is InChI=1S/C5H9NO3S.C5H10O5/c1-3(7)6-4(2-10)5(8)9;6-1-3(8)5(10)4(9)2-7/h4,10H,2H2,1H3,(H,6,7)(H,8,9);1,3-5,7-10H,2H2/t;3-,4+,5-/m.0/s1. The van der Waals surface area contributed by atoms with Gasteiger partial charge in [-0.1, -0.05) is 0 Å². The molecule has 4 atom stereocenters. The SMILES string of the molecule is CC(=O)NC(CS)C(=O)O.O=C[C@H](O)[C@H](O)[C@H](O)CO. The van der Waals surface area contributed by atoms with E-state index in [-0.39, 0.29) is 17.9 Å². The Morgan fingerprint density at radius 3 is 2.00 bits per heavy atom. The predicted octanol–water partition coefficient (Wildman–Crippen LogP) is -3.23. The van der Waals surface area contributed by atoms with Gasteiger partial charge in [-0.05, 0) is 0 Å². The Bertz CT molecular complexity index is 314. The number of carboxylic acid groups (broad SMARTS) is 1. The summed E-state index contributed by atoms with van der Waals surface area (Å²) in [5.74, 6) is -1.32. The summed E-state index contributed by atoms with van der Waals surface area (Å²) in [5.41, 5.74) is 0. The lowest BCUT2D eigenvalue weighted by atomic mass is 10.1. The maximum Gasteiger partial charge on any atom is 0.327 e. The second-order valence-electron chi connectivity index (χ2n) is 3.64. The zero-order valence-electron chi connectivity index (χ0n) is 10.7. The maximum atomic E-state index is 10.3. The molecular weight excluding hydrogens is 294 g/mol. The van der Waals surface area contributed by atoms with Gasteiger partial charge in [0.25, 0.3) is 0 Å². The van der Waals surface area contributed by atoms with Crippen molar-refractivity contribution in [2.75, 3.05) is 12.4 Å². The second kappa shape index (κ2) is 11.6. The van der Waals surface area contributed by atoms with Crippen LogP contribution in [0, 0.1) is 0 Å². The van der Waals surface area contributed by atoms with Gasteiger partial charge in [0.2, 0.25) is 5.91 Å². The van der Waals surface area contributed by atoms with Gasteiger partial charge < -0.3 is 35.6 Å². The minimum absolute atomic E-state index is 0.0869. The first-order valence-corrected chi connectivity index (χ1v) is 6.05. The highest BCUT2D eigenvalue weighted by Crippen LogP contribution is 1.96. The molecule has 0 aliphatic heterocycles. The van der Waals surface area contributed by atoms with Crippen LogP contribution in [0.15, 0.2) is 0 Å². The van der Waals surface area contributed by atoms with Gasteiger partial charge in [0.05, 0.1) is 6.61 Å². The van der Waals surface area contributed by atoms with Gasteiger partial charge in [-0.25, -0.2) is 4.79 Å². The minimum Gasteiger partial charge on any atom is -0.480 e. The molecule has 0 spiro atoms. The summed E-state index contributed by atoms with van der Waals surface area (Å²) in [7, 11) is 0. The van der Waals surface area contributed by atoms with E-state index in [4.69, 9.17) is 25.5 Å². The number of hydrogen-bond donors (Lipinski definition) is 7. The summed E-state index contributed by atoms with van der Waals surface area (Å²) in [6.07, 6.45) is -4.63. The first kappa shape index (κ1) is 21.1. The van der Waals surface area contributed by atoms with Gasteiger partial charge in [0.1, 0.15) is 24.4 Å². The van der Waals surface area contributed by atoms with Gasteiger partial charge in [-0.3, -0.25) is 4.79 Å². The highest BCUT2D eigenvalue weighted by Gasteiger charge is 2.22. The third kappa shape index (κ3) is 9.69. The molecule has 1 unspecified atom stereocenters. The van der Waals surface area contributed by atoms with E-state index in [1.165, 1.54) is 6.92 Å². The fourth-order valence-corrected chi connectivity index (χ4v) is 1.09. The molecule has 0 saturated carbocycles. The van der Waals surface area contributed by atoms with Crippen molar-refractivity contribution in [2.24, 2.45) is 0 Å². The number of carboxylic acids is 1. The second-order valence-corrected chi connectivity index (χ2v) is 4.01. The molecule has 0 aliphatic rings. The molecule has 0 rings (SSSR count). The topological polar surface area (TPSA) is 164 Å². The molecule has 0 radical (unpaired) electrons. The molecule has 9 nitrogen and oxygen atoms in total. The van der Waals surface area contributed by atoms with E-state index in [0.29, 0.717) is 0 Å². The Kier molecular flexibility index (Phi) is 12.3. The number of thiol groups is 1. The average molecular weight is 313 g/mol. The summed E-state index contributed by atoms with van der Waals surface area (Å²) in [6, 6.07) is -0.874. The van der Waals surface area contributed by atoms with Crippen LogP contribution in [0.2, 0.25) is 0 Å². The Balaban J connectivity index is 0. The number of carbonyl (C=O) groups excluding carboxylic acids is 2. The number of rotatable bonds is 7. The number of carbonyl (C=O) groups is 3. The number of aldehydes is 1. The molecule has 0 saturated heterocycles. The number of aliphatic hydroxyl groups is 4. The van der Waals surface area contributed by atoms with Crippen molar-refractivity contribution in [1.29, 1.82) is 0 Å². The summed E-state index contributed by atoms with van der Waals surface area (Å²) >= 11 is 3.73. The Hall–Kier alpha value is -1.20. The number of aliphatic hydroxyl groups excluding tert-OH is 4. The van der Waals surface area contributed by atoms with Crippen LogP contribution in [0.25, 0.3) is 0 Å². The quantitative estimate of drug-likeness (QED) is 0.190. The van der Waals surface area contributed by atoms with E-state index < -0.39 is 36.9 Å². The van der Waals surface area contributed by atoms with E-state index >= 15 is 0 Å². The number of aliphatic carboxylic acids is 1. The van der Waals surface area contributed by atoms with E-state index in [1.54, 1.807) is 0 Å². The lowest BCUT2D eigenvalue weighted by Gasteiger charge is -2.16. The highest BCUT2D eigenvalue weighted by molar-refractivity contribution is 7.80. The molecule has 0 aromatic carbocycles. The van der Waals surface area contributed by atoms with Gasteiger partial charge in [0, 0.05) is 12.7 Å². The zero-order chi connectivity index (χ0) is 16.3. The van der Waals surface area contributed by atoms with Crippen LogP contribution in [0.3, 0.4) is 0 Å². The molecule has 0 bridgehead atoms. The van der Waals surface area contributed by atoms with Crippen LogP contribution < -0.4 is 5.32 Å². The molecule has 0 heterocycles. The largest absolute Gasteiger partial charge is 0.480 e. The van der Waals surface area contributed by atoms with Crippen molar-refractivity contribution in [3.05, 3.63) is 0 Å². The molecule has 10 heteroatoms. The van der Waals surface area contributed by atoms with Crippen LogP contribution in [0.4, 0.5) is 0 Å². The molecule has 0 fully saturated rings. The summed E-state index contributed by atoms with van der Waals surface area (Å²) < 4.78 is 0. The molecule has 6 N–H and O–H groups in total. The molecular formula is C10H19NO8S. The lowest BCUT2D eigenvalue weighted by Crippen LogP contribution is -2.40. The molecule has 0 aromatic rings. The van der Waals surface area contributed by atoms with Crippen molar-refractivity contribution in [3.8, 4) is 0 Å². The van der Waals surface area contributed by atoms with Crippen LogP contribution >= 0.6 is 12.6 Å². The Morgan fingerprint density at radius 1 is 1.30 bits per heavy atom. The van der Waals surface area contributed by atoms with Crippen LogP contribution in [-0.2, 0) is 14.4 Å². The van der Waals surface area contributed by atoms with E-state index in [2.05, 4.69) is 17.9 Å². The normalized spacial score (nSPS) is 15.9. The van der Waals surface area contributed by atoms with Crippen molar-refractivity contribution in [1.82, 2.24) is 5.32 Å². The number of amides is 1. The highest BCUT2D eigenvalue weighted by atomic mass is 32.1. The van der Waals surface area contributed by atoms with Gasteiger partial charge >= 0.3 is 5.97 Å². The zero-order valence-corrected chi connectivity index (χ0v) is 11.6. The van der Waals surface area contributed by atoms with Gasteiger partial charge in [0.15, 0.2) is 6.29 Å². The van der Waals surface area contributed by atoms with E-state index in [0.717, 1.165) is 0 Å². The van der Waals surface area contributed by atoms with Gasteiger partial charge in [-0.15, -0.1) is 0 Å². The van der Waals surface area contributed by atoms with Gasteiger partial charge in [-0.2, -0.15) is 12.6 Å². The first-order valence-electron chi connectivity index (χ1n) is 5.42. The van der Waals surface area contributed by atoms with Crippen molar-refractivity contribution in [2.45, 2.75) is 31.3 Å². The summed E-state index contributed by atoms with van der Waals surface area (Å²) in [4.78, 5) is 30.3. The molecule has 0 aromatic heterocycles. The molecule has 20 heavy (non-hydrogen) atoms. The molecule has 1 amide bonds. The monoisotopic (exact) mass is 313 g/mol. The molecule has 118 valence electrons. The predicted molar refractivity (Wildman–Crippen MR) is 70.3 cm³/mol. The number of hydrogen-bond acceptors (Lipinski definition) is 8. The van der Waals surface area contributed by atoms with Crippen molar-refractivity contribution < 1.29 is 39.9 Å². The lowest BCUT2D eigenvalue weighted by molar-refractivity contribution is -0.140. The third-order valence-corrected chi connectivity index (χ3v) is 2.29. The van der Waals surface area contributed by atoms with Crippen LogP contribution in [0.5, 0.6) is 0 Å². The average Bonchev–Trinajstić information content (AvgIpc) is 2.42. The minimum atomic E-state index is -1.64. The van der Waals surface area contributed by atoms with E-state index in [1.807, 2.05) is 0 Å². The van der Waals surface area contributed by atoms with Crippen LogP contribution in [0.1, 0.15) is 6.92 Å². The van der Waals surface area contributed by atoms with E-state index in [9.17, 15) is 14.4 Å². The molecule has 0 aliphatic carbocycles. The van der Waals surface area contributed by atoms with Crippen molar-refractivity contribution in [3.63, 3.8) is 0 Å². The smallest absolute Gasteiger partial charge is 0.327 e.